The molecule has 0 aromatic heterocycles. The van der Waals surface area contributed by atoms with Crippen LogP contribution in [0.4, 0.5) is 4.79 Å². The first-order chi connectivity index (χ1) is 11.4. The van der Waals surface area contributed by atoms with Gasteiger partial charge >= 0.3 is 6.03 Å². The number of amides is 3. The van der Waals surface area contributed by atoms with E-state index in [1.807, 2.05) is 0 Å². The molecule has 1 unspecified atom stereocenters. The Balaban J connectivity index is 1.85. The molecule has 0 spiro atoms. The summed E-state index contributed by atoms with van der Waals surface area (Å²) in [5, 5.41) is 13.5. The molecule has 1 heterocycles. The molecule has 0 bridgehead atoms. The highest BCUT2D eigenvalue weighted by Gasteiger charge is 2.51. The molecule has 1 aromatic carbocycles. The average Bonchev–Trinajstić information content (AvgIpc) is 2.80. The maximum atomic E-state index is 12.9. The van der Waals surface area contributed by atoms with Gasteiger partial charge in [0.05, 0.1) is 19.3 Å². The van der Waals surface area contributed by atoms with E-state index in [2.05, 4.69) is 5.32 Å². The van der Waals surface area contributed by atoms with E-state index in [-0.39, 0.29) is 12.5 Å². The van der Waals surface area contributed by atoms with Crippen LogP contribution in [0.1, 0.15) is 44.6 Å². The van der Waals surface area contributed by atoms with Gasteiger partial charge in [-0.05, 0) is 37.5 Å². The third kappa shape index (κ3) is 2.86. The van der Waals surface area contributed by atoms with E-state index in [0.717, 1.165) is 24.2 Å². The van der Waals surface area contributed by atoms with E-state index in [4.69, 9.17) is 4.74 Å². The van der Waals surface area contributed by atoms with Crippen molar-refractivity contribution in [2.75, 3.05) is 13.7 Å². The number of urea groups is 1. The molecule has 130 valence electrons. The van der Waals surface area contributed by atoms with Crippen molar-refractivity contribution in [3.8, 4) is 5.75 Å². The number of aliphatic hydroxyl groups is 1. The third-order valence-corrected chi connectivity index (χ3v) is 5.16. The standard InChI is InChI=1S/C18H24N2O4/c1-17(13-7-6-8-14(11-13)24-2)15(21)20(16(22)19-17)12-18(23)9-4-3-5-10-18/h6-8,11,23H,3-5,9-10,12H2,1-2H3,(H,19,22). The van der Waals surface area contributed by atoms with E-state index in [1.54, 1.807) is 38.3 Å². The first-order valence-electron chi connectivity index (χ1n) is 8.39. The summed E-state index contributed by atoms with van der Waals surface area (Å²) < 4.78 is 5.21. The van der Waals surface area contributed by atoms with Crippen LogP contribution in [-0.4, -0.2) is 41.2 Å². The number of carbonyl (C=O) groups excluding carboxylic acids is 2. The summed E-state index contributed by atoms with van der Waals surface area (Å²) in [7, 11) is 1.56. The van der Waals surface area contributed by atoms with Gasteiger partial charge in [0.25, 0.3) is 5.91 Å². The van der Waals surface area contributed by atoms with E-state index >= 15 is 0 Å². The molecule has 0 radical (unpaired) electrons. The molecule has 6 heteroatoms. The normalized spacial score (nSPS) is 26.4. The Morgan fingerprint density at radius 3 is 2.62 bits per heavy atom. The zero-order valence-corrected chi connectivity index (χ0v) is 14.2. The molecule has 2 N–H and O–H groups in total. The maximum Gasteiger partial charge on any atom is 0.325 e. The van der Waals surface area contributed by atoms with Crippen LogP contribution in [0.25, 0.3) is 0 Å². The highest BCUT2D eigenvalue weighted by Crippen LogP contribution is 2.34. The fourth-order valence-electron chi connectivity index (χ4n) is 3.63. The number of carbonyl (C=O) groups is 2. The Morgan fingerprint density at radius 1 is 1.25 bits per heavy atom. The number of β-amino-alcohol motifs (C(OH)–C–C–N with tert-alkyl or cyclic N) is 1. The first kappa shape index (κ1) is 16.8. The summed E-state index contributed by atoms with van der Waals surface area (Å²) in [6, 6.07) is 6.66. The van der Waals surface area contributed by atoms with Crippen LogP contribution in [-0.2, 0) is 10.3 Å². The second-order valence-corrected chi connectivity index (χ2v) is 6.96. The van der Waals surface area contributed by atoms with Crippen LogP contribution in [0, 0.1) is 0 Å². The largest absolute Gasteiger partial charge is 0.497 e. The predicted molar refractivity (Wildman–Crippen MR) is 88.6 cm³/mol. The topological polar surface area (TPSA) is 78.9 Å². The Bertz CT molecular complexity index is 654. The van der Waals surface area contributed by atoms with Gasteiger partial charge in [-0.15, -0.1) is 0 Å². The number of methoxy groups -OCH3 is 1. The third-order valence-electron chi connectivity index (χ3n) is 5.16. The summed E-state index contributed by atoms with van der Waals surface area (Å²) >= 11 is 0. The van der Waals surface area contributed by atoms with Gasteiger partial charge in [0.1, 0.15) is 11.3 Å². The van der Waals surface area contributed by atoms with Gasteiger partial charge in [0, 0.05) is 0 Å². The second-order valence-electron chi connectivity index (χ2n) is 6.96. The first-order valence-corrected chi connectivity index (χ1v) is 8.39. The van der Waals surface area contributed by atoms with Crippen LogP contribution in [0.2, 0.25) is 0 Å². The second kappa shape index (κ2) is 6.09. The molecule has 2 aliphatic rings. The minimum atomic E-state index is -1.14. The number of ether oxygens (including phenoxy) is 1. The average molecular weight is 332 g/mol. The number of rotatable bonds is 4. The lowest BCUT2D eigenvalue weighted by molar-refractivity contribution is -0.134. The number of hydrogen-bond acceptors (Lipinski definition) is 4. The van der Waals surface area contributed by atoms with E-state index in [9.17, 15) is 14.7 Å². The smallest absolute Gasteiger partial charge is 0.325 e. The van der Waals surface area contributed by atoms with Crippen molar-refractivity contribution in [1.29, 1.82) is 0 Å². The molecule has 1 atom stereocenters. The van der Waals surface area contributed by atoms with Gasteiger partial charge in [0.2, 0.25) is 0 Å². The molecule has 1 saturated carbocycles. The minimum absolute atomic E-state index is 0.0528. The predicted octanol–water partition coefficient (Wildman–Crippen LogP) is 2.16. The van der Waals surface area contributed by atoms with E-state index in [0.29, 0.717) is 24.2 Å². The van der Waals surface area contributed by atoms with Gasteiger partial charge in [-0.2, -0.15) is 0 Å². The van der Waals surface area contributed by atoms with Crippen molar-refractivity contribution in [3.05, 3.63) is 29.8 Å². The highest BCUT2D eigenvalue weighted by molar-refractivity contribution is 6.07. The fraction of sp³-hybridized carbons (Fsp3) is 0.556. The molecule has 1 aromatic rings. The Labute approximate surface area is 141 Å². The maximum absolute atomic E-state index is 12.9. The molecule has 2 fully saturated rings. The van der Waals surface area contributed by atoms with E-state index in [1.165, 1.54) is 0 Å². The Morgan fingerprint density at radius 2 is 1.96 bits per heavy atom. The van der Waals surface area contributed by atoms with Gasteiger partial charge in [-0.3, -0.25) is 9.69 Å². The van der Waals surface area contributed by atoms with Crippen LogP contribution >= 0.6 is 0 Å². The lowest BCUT2D eigenvalue weighted by Crippen LogP contribution is -2.48. The number of benzene rings is 1. The lowest BCUT2D eigenvalue weighted by atomic mass is 9.84. The summed E-state index contributed by atoms with van der Waals surface area (Å²) in [6.07, 6.45) is 4.18. The molecule has 3 rings (SSSR count). The number of hydrogen-bond donors (Lipinski definition) is 2. The van der Waals surface area contributed by atoms with Crippen LogP contribution in [0.3, 0.4) is 0 Å². The highest BCUT2D eigenvalue weighted by atomic mass is 16.5. The number of imide groups is 1. The van der Waals surface area contributed by atoms with Crippen molar-refractivity contribution in [1.82, 2.24) is 10.2 Å². The Kier molecular flexibility index (Phi) is 4.25. The zero-order valence-electron chi connectivity index (χ0n) is 14.2. The monoisotopic (exact) mass is 332 g/mol. The summed E-state index contributed by atoms with van der Waals surface area (Å²) in [4.78, 5) is 26.5. The van der Waals surface area contributed by atoms with E-state index < -0.39 is 17.2 Å². The van der Waals surface area contributed by atoms with Gasteiger partial charge < -0.3 is 15.2 Å². The van der Waals surface area contributed by atoms with Crippen LogP contribution in [0.15, 0.2) is 24.3 Å². The molecular formula is C18H24N2O4. The van der Waals surface area contributed by atoms with Crippen molar-refractivity contribution in [3.63, 3.8) is 0 Å². The minimum Gasteiger partial charge on any atom is -0.497 e. The van der Waals surface area contributed by atoms with Gasteiger partial charge in [0.15, 0.2) is 0 Å². The molecular weight excluding hydrogens is 308 g/mol. The van der Waals surface area contributed by atoms with Gasteiger partial charge in [-0.1, -0.05) is 31.4 Å². The van der Waals surface area contributed by atoms with Crippen LogP contribution in [0.5, 0.6) is 5.75 Å². The quantitative estimate of drug-likeness (QED) is 0.828. The van der Waals surface area contributed by atoms with Crippen molar-refractivity contribution < 1.29 is 19.4 Å². The summed E-state index contributed by atoms with van der Waals surface area (Å²) in [6.45, 7) is 1.74. The number of nitrogens with one attached hydrogen (secondary N) is 1. The lowest BCUT2D eigenvalue weighted by Gasteiger charge is -2.34. The molecule has 24 heavy (non-hydrogen) atoms. The SMILES string of the molecule is COc1cccc(C2(C)NC(=O)N(CC3(O)CCCCC3)C2=O)c1. The fourth-order valence-corrected chi connectivity index (χ4v) is 3.63. The summed E-state index contributed by atoms with van der Waals surface area (Å²) in [5.41, 5.74) is -1.44. The molecule has 1 aliphatic carbocycles. The molecule has 3 amide bonds. The summed E-state index contributed by atoms with van der Waals surface area (Å²) in [5.74, 6) is 0.292. The number of nitrogens with zero attached hydrogens (tertiary/aromatic N) is 1. The van der Waals surface area contributed by atoms with Crippen molar-refractivity contribution >= 4 is 11.9 Å². The Hall–Kier alpha value is -2.08. The van der Waals surface area contributed by atoms with Crippen molar-refractivity contribution in [2.45, 2.75) is 50.2 Å². The zero-order chi connectivity index (χ0) is 17.4. The molecule has 1 saturated heterocycles. The van der Waals surface area contributed by atoms with Crippen molar-refractivity contribution in [2.24, 2.45) is 0 Å². The molecule has 1 aliphatic heterocycles. The molecule has 6 nitrogen and oxygen atoms in total. The van der Waals surface area contributed by atoms with Gasteiger partial charge in [-0.25, -0.2) is 4.79 Å². The van der Waals surface area contributed by atoms with Crippen LogP contribution < -0.4 is 10.1 Å².